The second-order valence-electron chi connectivity index (χ2n) is 7.98. The first-order valence-electron chi connectivity index (χ1n) is 11.0. The lowest BCUT2D eigenvalue weighted by Crippen LogP contribution is -2.30. The lowest BCUT2D eigenvalue weighted by molar-refractivity contribution is 0.252. The van der Waals surface area contributed by atoms with Gasteiger partial charge in [0.15, 0.2) is 9.84 Å². The van der Waals surface area contributed by atoms with E-state index in [9.17, 15) is 17.6 Å². The van der Waals surface area contributed by atoms with Gasteiger partial charge in [-0.05, 0) is 71.1 Å². The molecule has 1 aromatic heterocycles. The number of urea groups is 1. The maximum Gasteiger partial charge on any atom is 0.319 e. The number of carbonyl (C=O) groups excluding carboxylic acids is 1. The van der Waals surface area contributed by atoms with Crippen LogP contribution in [0.5, 0.6) is 0 Å². The zero-order valence-corrected chi connectivity index (χ0v) is 19.6. The van der Waals surface area contributed by atoms with Gasteiger partial charge in [-0.2, -0.15) is 0 Å². The number of nitrogens with zero attached hydrogens (tertiary/aromatic N) is 1. The monoisotopic (exact) mass is 489 g/mol. The van der Waals surface area contributed by atoms with Crippen LogP contribution in [0.3, 0.4) is 0 Å². The molecule has 4 rings (SSSR count). The molecule has 0 aliphatic rings. The number of aromatic nitrogens is 1. The van der Waals surface area contributed by atoms with E-state index in [0.717, 1.165) is 11.1 Å². The first kappa shape index (κ1) is 24.1. The summed E-state index contributed by atoms with van der Waals surface area (Å²) in [6.07, 6.45) is 4.12. The van der Waals surface area contributed by atoms with Crippen molar-refractivity contribution in [3.8, 4) is 11.1 Å². The standard InChI is InChI=1S/C27H24FN3O3S/c28-24-10-8-22(9-11-24)23-4-1-5-26(17-23)35(33,34)19-21-6-12-25(13-7-21)31-27(32)30-16-14-20-3-2-15-29-18-20/h1-13,15,17-18H,14,16,19H2,(H2,30,31,32). The van der Waals surface area contributed by atoms with Crippen LogP contribution in [0.2, 0.25) is 0 Å². The molecule has 35 heavy (non-hydrogen) atoms. The molecule has 0 aliphatic carbocycles. The fourth-order valence-corrected chi connectivity index (χ4v) is 4.93. The average molecular weight is 490 g/mol. The quantitative estimate of drug-likeness (QED) is 0.355. The minimum Gasteiger partial charge on any atom is -0.338 e. The van der Waals surface area contributed by atoms with Crippen LogP contribution in [0.25, 0.3) is 11.1 Å². The molecule has 0 aliphatic heterocycles. The largest absolute Gasteiger partial charge is 0.338 e. The van der Waals surface area contributed by atoms with E-state index >= 15 is 0 Å². The second-order valence-corrected chi connectivity index (χ2v) is 9.97. The van der Waals surface area contributed by atoms with E-state index in [1.165, 1.54) is 12.1 Å². The van der Waals surface area contributed by atoms with Crippen molar-refractivity contribution in [1.29, 1.82) is 0 Å². The second kappa shape index (κ2) is 10.9. The molecule has 1 heterocycles. The van der Waals surface area contributed by atoms with Gasteiger partial charge in [0.25, 0.3) is 0 Å². The lowest BCUT2D eigenvalue weighted by atomic mass is 10.1. The fourth-order valence-electron chi connectivity index (χ4n) is 3.54. The third-order valence-corrected chi connectivity index (χ3v) is 7.05. The minimum atomic E-state index is -3.61. The summed E-state index contributed by atoms with van der Waals surface area (Å²) in [4.78, 5) is 16.3. The van der Waals surface area contributed by atoms with Gasteiger partial charge in [0.05, 0.1) is 10.6 Å². The highest BCUT2D eigenvalue weighted by molar-refractivity contribution is 7.90. The van der Waals surface area contributed by atoms with Gasteiger partial charge < -0.3 is 10.6 Å². The minimum absolute atomic E-state index is 0.183. The molecule has 0 fully saturated rings. The van der Waals surface area contributed by atoms with Crippen molar-refractivity contribution in [2.24, 2.45) is 0 Å². The molecular weight excluding hydrogens is 465 g/mol. The molecule has 4 aromatic rings. The molecule has 8 heteroatoms. The Bertz CT molecular complexity index is 1390. The number of amides is 2. The Labute approximate surface area is 203 Å². The van der Waals surface area contributed by atoms with E-state index in [4.69, 9.17) is 0 Å². The number of nitrogens with one attached hydrogen (secondary N) is 2. The predicted octanol–water partition coefficient (Wildman–Crippen LogP) is 5.23. The Hall–Kier alpha value is -4.04. The number of anilines is 1. The van der Waals surface area contributed by atoms with E-state index in [-0.39, 0.29) is 22.5 Å². The van der Waals surface area contributed by atoms with Gasteiger partial charge in [-0.15, -0.1) is 0 Å². The van der Waals surface area contributed by atoms with Crippen LogP contribution in [0.1, 0.15) is 11.1 Å². The fraction of sp³-hybridized carbons (Fsp3) is 0.111. The molecule has 178 valence electrons. The summed E-state index contributed by atoms with van der Waals surface area (Å²) in [5, 5.41) is 5.52. The summed E-state index contributed by atoms with van der Waals surface area (Å²) in [6.45, 7) is 0.463. The average Bonchev–Trinajstić information content (AvgIpc) is 2.86. The summed E-state index contributed by atoms with van der Waals surface area (Å²) in [6, 6.07) is 22.6. The van der Waals surface area contributed by atoms with Crippen LogP contribution in [-0.4, -0.2) is 26.0 Å². The highest BCUT2D eigenvalue weighted by Crippen LogP contribution is 2.25. The van der Waals surface area contributed by atoms with Crippen LogP contribution >= 0.6 is 0 Å². The number of hydrogen-bond donors (Lipinski definition) is 2. The summed E-state index contributed by atoms with van der Waals surface area (Å²) in [7, 11) is -3.61. The molecular formula is C27H24FN3O3S. The SMILES string of the molecule is O=C(NCCc1cccnc1)Nc1ccc(CS(=O)(=O)c2cccc(-c3ccc(F)cc3)c2)cc1. The maximum absolute atomic E-state index is 13.2. The Morgan fingerprint density at radius 3 is 2.34 bits per heavy atom. The number of benzene rings is 3. The van der Waals surface area contributed by atoms with Crippen LogP contribution in [0.4, 0.5) is 14.9 Å². The van der Waals surface area contributed by atoms with E-state index < -0.39 is 9.84 Å². The van der Waals surface area contributed by atoms with Crippen LogP contribution in [0.15, 0.2) is 102 Å². The Morgan fingerprint density at radius 1 is 0.857 bits per heavy atom. The predicted molar refractivity (Wildman–Crippen MR) is 134 cm³/mol. The summed E-state index contributed by atoms with van der Waals surface area (Å²) >= 11 is 0. The Morgan fingerprint density at radius 2 is 1.63 bits per heavy atom. The molecule has 6 nitrogen and oxygen atoms in total. The molecule has 0 unspecified atom stereocenters. The molecule has 0 bridgehead atoms. The summed E-state index contributed by atoms with van der Waals surface area (Å²) in [5.74, 6) is -0.532. The van der Waals surface area contributed by atoms with Crippen LogP contribution in [0, 0.1) is 5.82 Å². The molecule has 0 saturated carbocycles. The van der Waals surface area contributed by atoms with Crippen LogP contribution < -0.4 is 10.6 Å². The number of carbonyl (C=O) groups is 1. The van der Waals surface area contributed by atoms with Crippen molar-refractivity contribution in [3.05, 3.63) is 114 Å². The van der Waals surface area contributed by atoms with Gasteiger partial charge in [-0.25, -0.2) is 17.6 Å². The number of halogens is 1. The normalized spacial score (nSPS) is 11.1. The number of sulfone groups is 1. The number of rotatable bonds is 8. The molecule has 0 saturated heterocycles. The molecule has 2 N–H and O–H groups in total. The van der Waals surface area contributed by atoms with Gasteiger partial charge in [0.1, 0.15) is 5.82 Å². The number of pyridine rings is 1. The van der Waals surface area contributed by atoms with Gasteiger partial charge in [0, 0.05) is 24.6 Å². The Kier molecular flexibility index (Phi) is 7.52. The van der Waals surface area contributed by atoms with Crippen molar-refractivity contribution >= 4 is 21.6 Å². The summed E-state index contributed by atoms with van der Waals surface area (Å²) < 4.78 is 39.2. The molecule has 0 atom stereocenters. The first-order chi connectivity index (χ1) is 16.9. The molecule has 3 aromatic carbocycles. The maximum atomic E-state index is 13.2. The first-order valence-corrected chi connectivity index (χ1v) is 12.7. The van der Waals surface area contributed by atoms with E-state index in [2.05, 4.69) is 15.6 Å². The zero-order chi connectivity index (χ0) is 24.7. The lowest BCUT2D eigenvalue weighted by Gasteiger charge is -2.10. The highest BCUT2D eigenvalue weighted by Gasteiger charge is 2.16. The van der Waals surface area contributed by atoms with Crippen molar-refractivity contribution in [2.45, 2.75) is 17.1 Å². The van der Waals surface area contributed by atoms with E-state index in [1.807, 2.05) is 12.1 Å². The van der Waals surface area contributed by atoms with Gasteiger partial charge in [0.2, 0.25) is 0 Å². The summed E-state index contributed by atoms with van der Waals surface area (Å²) in [5.41, 5.74) is 3.61. The molecule has 2 amide bonds. The van der Waals surface area contributed by atoms with E-state index in [0.29, 0.717) is 29.8 Å². The third kappa shape index (κ3) is 6.74. The number of hydrogen-bond acceptors (Lipinski definition) is 4. The zero-order valence-electron chi connectivity index (χ0n) is 18.8. The smallest absolute Gasteiger partial charge is 0.319 e. The van der Waals surface area contributed by atoms with Gasteiger partial charge in [-0.1, -0.05) is 42.5 Å². The molecule has 0 radical (unpaired) electrons. The van der Waals surface area contributed by atoms with Gasteiger partial charge in [-0.3, -0.25) is 4.98 Å². The van der Waals surface area contributed by atoms with Crippen molar-refractivity contribution < 1.29 is 17.6 Å². The van der Waals surface area contributed by atoms with Crippen molar-refractivity contribution in [3.63, 3.8) is 0 Å². The molecule has 0 spiro atoms. The Balaban J connectivity index is 1.35. The topological polar surface area (TPSA) is 88.2 Å². The van der Waals surface area contributed by atoms with Gasteiger partial charge >= 0.3 is 6.03 Å². The third-order valence-electron chi connectivity index (χ3n) is 5.36. The van der Waals surface area contributed by atoms with Crippen molar-refractivity contribution in [1.82, 2.24) is 10.3 Å². The van der Waals surface area contributed by atoms with E-state index in [1.54, 1.807) is 73.1 Å². The van der Waals surface area contributed by atoms with Crippen molar-refractivity contribution in [2.75, 3.05) is 11.9 Å². The van der Waals surface area contributed by atoms with Crippen LogP contribution in [-0.2, 0) is 22.0 Å². The highest BCUT2D eigenvalue weighted by atomic mass is 32.2.